The number of rotatable bonds is 17. The number of hydrogen-bond acceptors (Lipinski definition) is 6. The van der Waals surface area contributed by atoms with E-state index in [0.717, 1.165) is 33.1 Å². The van der Waals surface area contributed by atoms with Crippen molar-refractivity contribution in [1.29, 1.82) is 0 Å². The number of hydrogen-bond donors (Lipinski definition) is 0. The lowest BCUT2D eigenvalue weighted by Gasteiger charge is -2.46. The van der Waals surface area contributed by atoms with Gasteiger partial charge in [-0.25, -0.2) is 0 Å². The molecule has 4 aromatic rings. The van der Waals surface area contributed by atoms with E-state index in [1.807, 2.05) is 72.8 Å². The Hall–Kier alpha value is -2.63. The van der Waals surface area contributed by atoms with E-state index in [0.29, 0.717) is 39.6 Å². The molecule has 1 aliphatic heterocycles. The van der Waals surface area contributed by atoms with Gasteiger partial charge in [-0.15, -0.1) is 0 Å². The van der Waals surface area contributed by atoms with Crippen molar-refractivity contribution in [1.82, 2.24) is 0 Å². The maximum absolute atomic E-state index is 6.74. The van der Waals surface area contributed by atoms with Gasteiger partial charge >= 0.3 is 0 Å². The first-order chi connectivity index (χ1) is 21.8. The molecule has 0 amide bonds. The Morgan fingerprint density at radius 1 is 0.500 bits per heavy atom. The van der Waals surface area contributed by atoms with Gasteiger partial charge in [0.2, 0.25) is 0 Å². The molecule has 5 atom stereocenters. The third-order valence-corrected chi connectivity index (χ3v) is 8.16. The number of alkyl halides is 1. The van der Waals surface area contributed by atoms with Crippen molar-refractivity contribution in [2.75, 3.05) is 17.6 Å². The molecule has 0 aromatic heterocycles. The third kappa shape index (κ3) is 10.2. The molecule has 6 nitrogen and oxygen atoms in total. The summed E-state index contributed by atoms with van der Waals surface area (Å²) in [5.41, 5.74) is 4.30. The summed E-state index contributed by atoms with van der Waals surface area (Å²) in [6, 6.07) is 40.6. The molecule has 1 heterocycles. The molecule has 232 valence electrons. The Morgan fingerprint density at radius 2 is 0.932 bits per heavy atom. The highest BCUT2D eigenvalue weighted by Crippen LogP contribution is 2.31. The topological polar surface area (TPSA) is 55.4 Å². The zero-order valence-electron chi connectivity index (χ0n) is 24.9. The fraction of sp³-hybridized carbons (Fsp3) is 0.351. The van der Waals surface area contributed by atoms with Crippen molar-refractivity contribution in [2.45, 2.75) is 63.6 Å². The predicted molar refractivity (Wildman–Crippen MR) is 179 cm³/mol. The minimum atomic E-state index is -0.649. The van der Waals surface area contributed by atoms with Crippen LogP contribution < -0.4 is 0 Å². The average molecular weight is 709 g/mol. The number of benzene rings is 4. The van der Waals surface area contributed by atoms with Gasteiger partial charge in [0, 0.05) is 4.43 Å². The molecule has 0 unspecified atom stereocenters. The highest BCUT2D eigenvalue weighted by atomic mass is 127. The SMILES string of the molecule is ICCCO[C@H]1O[C@H](COCc2ccccc2)[C@@H](OCc2ccccc2)[C@H](OCc2ccccc2)[C@H]1OCc1ccccc1. The maximum atomic E-state index is 6.74. The quantitative estimate of drug-likeness (QED) is 0.0643. The second kappa shape index (κ2) is 18.4. The summed E-state index contributed by atoms with van der Waals surface area (Å²) in [5.74, 6) is 0. The van der Waals surface area contributed by atoms with Crippen LogP contribution in [0.25, 0.3) is 0 Å². The van der Waals surface area contributed by atoms with Crippen molar-refractivity contribution in [3.8, 4) is 0 Å². The van der Waals surface area contributed by atoms with Crippen molar-refractivity contribution in [3.63, 3.8) is 0 Å². The first-order valence-corrected chi connectivity index (χ1v) is 16.7. The van der Waals surface area contributed by atoms with Gasteiger partial charge in [0.25, 0.3) is 0 Å². The van der Waals surface area contributed by atoms with Gasteiger partial charge in [0.05, 0.1) is 39.6 Å². The fourth-order valence-electron chi connectivity index (χ4n) is 5.14. The molecule has 0 radical (unpaired) electrons. The Bertz CT molecular complexity index is 1310. The highest BCUT2D eigenvalue weighted by Gasteiger charge is 2.49. The summed E-state index contributed by atoms with van der Waals surface area (Å²) in [5, 5.41) is 0. The van der Waals surface area contributed by atoms with Crippen LogP contribution in [0.2, 0.25) is 0 Å². The van der Waals surface area contributed by atoms with Crippen LogP contribution in [0.1, 0.15) is 28.7 Å². The van der Waals surface area contributed by atoms with Gasteiger partial charge in [-0.05, 0) is 28.7 Å². The number of ether oxygens (including phenoxy) is 6. The van der Waals surface area contributed by atoms with Gasteiger partial charge in [0.1, 0.15) is 24.4 Å². The normalized spacial score (nSPS) is 21.7. The Kier molecular flexibility index (Phi) is 13.7. The van der Waals surface area contributed by atoms with Crippen LogP contribution in [-0.4, -0.2) is 48.3 Å². The molecule has 0 bridgehead atoms. The van der Waals surface area contributed by atoms with Crippen LogP contribution in [0.3, 0.4) is 0 Å². The molecule has 0 saturated carbocycles. The molecule has 1 saturated heterocycles. The molecular weight excluding hydrogens is 667 g/mol. The predicted octanol–water partition coefficient (Wildman–Crippen LogP) is 7.53. The van der Waals surface area contributed by atoms with Gasteiger partial charge in [-0.2, -0.15) is 0 Å². The smallest absolute Gasteiger partial charge is 0.186 e. The van der Waals surface area contributed by atoms with Crippen LogP contribution >= 0.6 is 22.6 Å². The molecule has 7 heteroatoms. The van der Waals surface area contributed by atoms with E-state index < -0.39 is 30.7 Å². The van der Waals surface area contributed by atoms with E-state index in [9.17, 15) is 0 Å². The van der Waals surface area contributed by atoms with E-state index in [1.54, 1.807) is 0 Å². The zero-order chi connectivity index (χ0) is 30.2. The molecule has 1 aliphatic rings. The summed E-state index contributed by atoms with van der Waals surface area (Å²) in [4.78, 5) is 0. The molecular formula is C37H41IO6. The van der Waals surface area contributed by atoms with Crippen LogP contribution in [0.15, 0.2) is 121 Å². The molecule has 0 aliphatic carbocycles. The van der Waals surface area contributed by atoms with E-state index >= 15 is 0 Å². The first-order valence-electron chi connectivity index (χ1n) is 15.2. The zero-order valence-corrected chi connectivity index (χ0v) is 27.1. The number of halogens is 1. The lowest BCUT2D eigenvalue weighted by molar-refractivity contribution is -0.328. The van der Waals surface area contributed by atoms with Crippen LogP contribution in [0.5, 0.6) is 0 Å². The van der Waals surface area contributed by atoms with Crippen LogP contribution in [-0.2, 0) is 54.8 Å². The Labute approximate surface area is 274 Å². The minimum Gasteiger partial charge on any atom is -0.374 e. The molecule has 44 heavy (non-hydrogen) atoms. The lowest BCUT2D eigenvalue weighted by Crippen LogP contribution is -2.61. The maximum Gasteiger partial charge on any atom is 0.186 e. The molecule has 1 fully saturated rings. The van der Waals surface area contributed by atoms with Crippen molar-refractivity contribution < 1.29 is 28.4 Å². The Balaban J connectivity index is 1.41. The van der Waals surface area contributed by atoms with Gasteiger partial charge < -0.3 is 28.4 Å². The van der Waals surface area contributed by atoms with E-state index in [2.05, 4.69) is 71.1 Å². The minimum absolute atomic E-state index is 0.317. The third-order valence-electron chi connectivity index (χ3n) is 7.40. The van der Waals surface area contributed by atoms with Gasteiger partial charge in [0.15, 0.2) is 6.29 Å². The van der Waals surface area contributed by atoms with Gasteiger partial charge in [-0.1, -0.05) is 144 Å². The first kappa shape index (κ1) is 32.8. The van der Waals surface area contributed by atoms with Crippen molar-refractivity contribution in [3.05, 3.63) is 144 Å². The molecule has 5 rings (SSSR count). The monoisotopic (exact) mass is 708 g/mol. The fourth-order valence-corrected chi connectivity index (χ4v) is 5.45. The van der Waals surface area contributed by atoms with Crippen molar-refractivity contribution in [2.24, 2.45) is 0 Å². The summed E-state index contributed by atoms with van der Waals surface area (Å²) < 4.78 is 40.3. The second-order valence-electron chi connectivity index (χ2n) is 10.7. The summed E-state index contributed by atoms with van der Waals surface area (Å²) >= 11 is 2.37. The highest BCUT2D eigenvalue weighted by molar-refractivity contribution is 14.1. The standard InChI is InChI=1S/C37H41IO6/c38-22-13-23-40-37-36(43-27-32-20-11-4-12-21-32)35(42-26-31-18-9-3-10-19-31)34(41-25-30-16-7-2-8-17-30)33(44-37)28-39-24-29-14-5-1-6-15-29/h1-12,14-21,33-37H,13,22-28H2/t33-,34-,35+,36-,37+/m1/s1. The lowest BCUT2D eigenvalue weighted by atomic mass is 9.97. The van der Waals surface area contributed by atoms with Crippen molar-refractivity contribution >= 4 is 22.6 Å². The summed E-state index contributed by atoms with van der Waals surface area (Å²) in [6.07, 6.45) is -1.66. The molecule has 0 spiro atoms. The Morgan fingerprint density at radius 3 is 1.41 bits per heavy atom. The van der Waals surface area contributed by atoms with E-state index in [4.69, 9.17) is 28.4 Å². The molecule has 4 aromatic carbocycles. The summed E-state index contributed by atoms with van der Waals surface area (Å²) in [7, 11) is 0. The second-order valence-corrected chi connectivity index (χ2v) is 11.8. The summed E-state index contributed by atoms with van der Waals surface area (Å²) in [6.45, 7) is 2.54. The largest absolute Gasteiger partial charge is 0.374 e. The van der Waals surface area contributed by atoms with E-state index in [-0.39, 0.29) is 0 Å². The van der Waals surface area contributed by atoms with E-state index in [1.165, 1.54) is 0 Å². The average Bonchev–Trinajstić information content (AvgIpc) is 3.08. The molecule has 0 N–H and O–H groups in total. The van der Waals surface area contributed by atoms with Crippen LogP contribution in [0.4, 0.5) is 0 Å². The van der Waals surface area contributed by atoms with Gasteiger partial charge in [-0.3, -0.25) is 0 Å². The van der Waals surface area contributed by atoms with Crippen LogP contribution in [0, 0.1) is 0 Å².